The Balaban J connectivity index is 2.43. The molecule has 94 valence electrons. The quantitative estimate of drug-likeness (QED) is 0.512. The molecule has 0 amide bonds. The van der Waals surface area contributed by atoms with Gasteiger partial charge in [-0.2, -0.15) is 0 Å². The molecule has 0 spiro atoms. The van der Waals surface area contributed by atoms with E-state index in [1.807, 2.05) is 6.07 Å². The van der Waals surface area contributed by atoms with Crippen molar-refractivity contribution in [2.75, 3.05) is 0 Å². The van der Waals surface area contributed by atoms with Gasteiger partial charge in [-0.15, -0.1) is 0 Å². The maximum Gasteiger partial charge on any atom is 0.0437 e. The van der Waals surface area contributed by atoms with E-state index in [0.717, 1.165) is 5.33 Å². The van der Waals surface area contributed by atoms with Crippen molar-refractivity contribution in [3.8, 4) is 11.1 Å². The number of rotatable bonds is 4. The molecule has 3 heteroatoms. The van der Waals surface area contributed by atoms with Gasteiger partial charge >= 0.3 is 0 Å². The van der Waals surface area contributed by atoms with Crippen LogP contribution >= 0.6 is 15.9 Å². The Hall–Kier alpha value is -1.16. The normalized spacial score (nSPS) is 12.4. The first kappa shape index (κ1) is 13.3. The molecule has 2 nitrogen and oxygen atoms in total. The monoisotopic (exact) mass is 304 g/mol. The summed E-state index contributed by atoms with van der Waals surface area (Å²) in [6.45, 7) is 2.06. The SMILES string of the molecule is CC(NN)c1ccccc1-c1ccc(CBr)cc1. The lowest BCUT2D eigenvalue weighted by Crippen LogP contribution is -2.25. The molecule has 0 heterocycles. The van der Waals surface area contributed by atoms with Gasteiger partial charge in [0, 0.05) is 11.4 Å². The summed E-state index contributed by atoms with van der Waals surface area (Å²) in [6, 6.07) is 17.1. The minimum Gasteiger partial charge on any atom is -0.271 e. The molecule has 0 bridgehead atoms. The van der Waals surface area contributed by atoms with E-state index < -0.39 is 0 Å². The van der Waals surface area contributed by atoms with Crippen LogP contribution in [0.3, 0.4) is 0 Å². The van der Waals surface area contributed by atoms with Gasteiger partial charge in [-0.25, -0.2) is 0 Å². The van der Waals surface area contributed by atoms with Crippen LogP contribution in [-0.4, -0.2) is 0 Å². The highest BCUT2D eigenvalue weighted by Crippen LogP contribution is 2.28. The molecule has 2 rings (SSSR count). The standard InChI is InChI=1S/C15H17BrN2/c1-11(18-17)14-4-2-3-5-15(14)13-8-6-12(10-16)7-9-13/h2-9,11,18H,10,17H2,1H3. The summed E-state index contributed by atoms with van der Waals surface area (Å²) in [5.74, 6) is 5.54. The van der Waals surface area contributed by atoms with Gasteiger partial charge in [0.05, 0.1) is 0 Å². The second-order valence-electron chi connectivity index (χ2n) is 4.31. The number of hydrogen-bond acceptors (Lipinski definition) is 2. The molecule has 18 heavy (non-hydrogen) atoms. The molecule has 0 aliphatic heterocycles. The zero-order valence-corrected chi connectivity index (χ0v) is 11.9. The molecular formula is C15H17BrN2. The van der Waals surface area contributed by atoms with Gasteiger partial charge in [0.1, 0.15) is 0 Å². The molecule has 0 aliphatic rings. The second-order valence-corrected chi connectivity index (χ2v) is 4.87. The largest absolute Gasteiger partial charge is 0.271 e. The Kier molecular flexibility index (Phi) is 4.53. The molecule has 0 fully saturated rings. The first-order chi connectivity index (χ1) is 8.76. The van der Waals surface area contributed by atoms with E-state index in [2.05, 4.69) is 70.7 Å². The van der Waals surface area contributed by atoms with Gasteiger partial charge in [0.15, 0.2) is 0 Å². The Bertz CT molecular complexity index is 508. The van der Waals surface area contributed by atoms with Crippen molar-refractivity contribution in [3.63, 3.8) is 0 Å². The maximum absolute atomic E-state index is 5.54. The fraction of sp³-hybridized carbons (Fsp3) is 0.200. The highest BCUT2D eigenvalue weighted by Gasteiger charge is 2.09. The number of halogens is 1. The van der Waals surface area contributed by atoms with Crippen LogP contribution in [0.2, 0.25) is 0 Å². The molecule has 2 aromatic carbocycles. The molecule has 0 radical (unpaired) electrons. The van der Waals surface area contributed by atoms with Gasteiger partial charge in [-0.1, -0.05) is 64.5 Å². The Morgan fingerprint density at radius 3 is 2.39 bits per heavy atom. The Morgan fingerprint density at radius 1 is 1.11 bits per heavy atom. The highest BCUT2D eigenvalue weighted by molar-refractivity contribution is 9.08. The molecule has 3 N–H and O–H groups in total. The van der Waals surface area contributed by atoms with Gasteiger partial charge in [-0.3, -0.25) is 11.3 Å². The zero-order chi connectivity index (χ0) is 13.0. The van der Waals surface area contributed by atoms with Gasteiger partial charge in [0.2, 0.25) is 0 Å². The average molecular weight is 305 g/mol. The van der Waals surface area contributed by atoms with Gasteiger partial charge < -0.3 is 0 Å². The van der Waals surface area contributed by atoms with E-state index in [4.69, 9.17) is 5.84 Å². The van der Waals surface area contributed by atoms with E-state index in [0.29, 0.717) is 0 Å². The number of nitrogens with one attached hydrogen (secondary N) is 1. The molecule has 0 aromatic heterocycles. The highest BCUT2D eigenvalue weighted by atomic mass is 79.9. The van der Waals surface area contributed by atoms with Crippen molar-refractivity contribution in [1.29, 1.82) is 0 Å². The predicted molar refractivity (Wildman–Crippen MR) is 80.2 cm³/mol. The lowest BCUT2D eigenvalue weighted by molar-refractivity contribution is 0.604. The molecule has 1 atom stereocenters. The summed E-state index contributed by atoms with van der Waals surface area (Å²) in [5.41, 5.74) is 7.75. The Morgan fingerprint density at radius 2 is 1.78 bits per heavy atom. The fourth-order valence-electron chi connectivity index (χ4n) is 2.00. The van der Waals surface area contributed by atoms with Crippen LogP contribution < -0.4 is 11.3 Å². The lowest BCUT2D eigenvalue weighted by Gasteiger charge is -2.15. The molecule has 0 saturated carbocycles. The van der Waals surface area contributed by atoms with Crippen LogP contribution in [0.1, 0.15) is 24.1 Å². The Labute approximate surface area is 116 Å². The first-order valence-corrected chi connectivity index (χ1v) is 7.08. The van der Waals surface area contributed by atoms with Crippen molar-refractivity contribution >= 4 is 15.9 Å². The second kappa shape index (κ2) is 6.14. The molecule has 2 aromatic rings. The third kappa shape index (κ3) is 2.80. The van der Waals surface area contributed by atoms with E-state index in [1.54, 1.807) is 0 Å². The van der Waals surface area contributed by atoms with Crippen molar-refractivity contribution < 1.29 is 0 Å². The fourth-order valence-corrected chi connectivity index (χ4v) is 2.37. The predicted octanol–water partition coefficient (Wildman–Crippen LogP) is 3.77. The third-order valence-corrected chi connectivity index (χ3v) is 3.74. The van der Waals surface area contributed by atoms with Gasteiger partial charge in [0.25, 0.3) is 0 Å². The van der Waals surface area contributed by atoms with Crippen LogP contribution in [0.4, 0.5) is 0 Å². The van der Waals surface area contributed by atoms with Gasteiger partial charge in [-0.05, 0) is 29.2 Å². The first-order valence-electron chi connectivity index (χ1n) is 5.96. The topological polar surface area (TPSA) is 38.0 Å². The number of alkyl halides is 1. The van der Waals surface area contributed by atoms with Crippen LogP contribution in [-0.2, 0) is 5.33 Å². The smallest absolute Gasteiger partial charge is 0.0437 e. The molecular weight excluding hydrogens is 288 g/mol. The van der Waals surface area contributed by atoms with Crippen LogP contribution in [0.5, 0.6) is 0 Å². The summed E-state index contributed by atoms with van der Waals surface area (Å²) >= 11 is 3.46. The van der Waals surface area contributed by atoms with Crippen molar-refractivity contribution in [2.24, 2.45) is 5.84 Å². The van der Waals surface area contributed by atoms with Crippen LogP contribution in [0.15, 0.2) is 48.5 Å². The summed E-state index contributed by atoms with van der Waals surface area (Å²) in [4.78, 5) is 0. The lowest BCUT2D eigenvalue weighted by atomic mass is 9.95. The average Bonchev–Trinajstić information content (AvgIpc) is 2.46. The number of hydrogen-bond donors (Lipinski definition) is 2. The van der Waals surface area contributed by atoms with Crippen molar-refractivity contribution in [2.45, 2.75) is 18.3 Å². The minimum atomic E-state index is 0.136. The van der Waals surface area contributed by atoms with E-state index in [9.17, 15) is 0 Å². The molecule has 0 aliphatic carbocycles. The zero-order valence-electron chi connectivity index (χ0n) is 10.4. The van der Waals surface area contributed by atoms with Crippen molar-refractivity contribution in [1.82, 2.24) is 5.43 Å². The molecule has 1 unspecified atom stereocenters. The molecule has 0 saturated heterocycles. The minimum absolute atomic E-state index is 0.136. The van der Waals surface area contributed by atoms with Crippen molar-refractivity contribution in [3.05, 3.63) is 59.7 Å². The summed E-state index contributed by atoms with van der Waals surface area (Å²) in [5, 5.41) is 0.885. The third-order valence-electron chi connectivity index (χ3n) is 3.10. The van der Waals surface area contributed by atoms with E-state index in [1.165, 1.54) is 22.3 Å². The summed E-state index contributed by atoms with van der Waals surface area (Å²) in [7, 11) is 0. The van der Waals surface area contributed by atoms with Crippen LogP contribution in [0, 0.1) is 0 Å². The maximum atomic E-state index is 5.54. The van der Waals surface area contributed by atoms with E-state index >= 15 is 0 Å². The number of benzene rings is 2. The van der Waals surface area contributed by atoms with Crippen LogP contribution in [0.25, 0.3) is 11.1 Å². The van der Waals surface area contributed by atoms with E-state index in [-0.39, 0.29) is 6.04 Å². The summed E-state index contributed by atoms with van der Waals surface area (Å²) in [6.07, 6.45) is 0. The summed E-state index contributed by atoms with van der Waals surface area (Å²) < 4.78 is 0. The number of nitrogens with two attached hydrogens (primary N) is 1. The number of hydrazine groups is 1.